The van der Waals surface area contributed by atoms with Gasteiger partial charge in [0, 0.05) is 6.54 Å². The molecule has 2 aliphatic rings. The highest BCUT2D eigenvalue weighted by molar-refractivity contribution is 7.90. The second kappa shape index (κ2) is 3.45. The first kappa shape index (κ1) is 10.9. The predicted octanol–water partition coefficient (Wildman–Crippen LogP) is -0.406. The highest BCUT2D eigenvalue weighted by Gasteiger charge is 2.42. The van der Waals surface area contributed by atoms with Crippen LogP contribution in [0.25, 0.3) is 0 Å². The average molecular weight is 232 g/mol. The van der Waals surface area contributed by atoms with Gasteiger partial charge in [-0.2, -0.15) is 0 Å². The van der Waals surface area contributed by atoms with Crippen molar-refractivity contribution in [3.8, 4) is 0 Å². The van der Waals surface area contributed by atoms with Gasteiger partial charge >= 0.3 is 0 Å². The van der Waals surface area contributed by atoms with Crippen LogP contribution in [0.3, 0.4) is 0 Å². The molecule has 1 saturated carbocycles. The minimum Gasteiger partial charge on any atom is -0.316 e. The Labute approximate surface area is 89.7 Å². The Hall–Kier alpha value is -0.620. The SMILES string of the molecule is CC1(C(=O)NS(=O)(=O)C2CC2)CCNC1. The van der Waals surface area contributed by atoms with Crippen LogP contribution in [0.4, 0.5) is 0 Å². The third-order valence-electron chi connectivity index (χ3n) is 3.12. The molecule has 1 unspecified atom stereocenters. The molecule has 2 rings (SSSR count). The van der Waals surface area contributed by atoms with E-state index in [1.165, 1.54) is 0 Å². The molecular formula is C9H16N2O3S. The van der Waals surface area contributed by atoms with E-state index in [4.69, 9.17) is 0 Å². The third-order valence-corrected chi connectivity index (χ3v) is 4.93. The van der Waals surface area contributed by atoms with Gasteiger partial charge < -0.3 is 5.32 Å². The summed E-state index contributed by atoms with van der Waals surface area (Å²) in [6.45, 7) is 3.12. The smallest absolute Gasteiger partial charge is 0.240 e. The van der Waals surface area contributed by atoms with Crippen LogP contribution in [-0.4, -0.2) is 32.7 Å². The monoisotopic (exact) mass is 232 g/mol. The molecule has 1 aliphatic carbocycles. The summed E-state index contributed by atoms with van der Waals surface area (Å²) >= 11 is 0. The zero-order chi connectivity index (χ0) is 11.1. The van der Waals surface area contributed by atoms with E-state index in [2.05, 4.69) is 10.0 Å². The quantitative estimate of drug-likeness (QED) is 0.694. The molecule has 0 aromatic rings. The maximum absolute atomic E-state index is 11.8. The lowest BCUT2D eigenvalue weighted by Crippen LogP contribution is -2.44. The first-order valence-corrected chi connectivity index (χ1v) is 6.75. The average Bonchev–Trinajstić information content (AvgIpc) is 2.90. The summed E-state index contributed by atoms with van der Waals surface area (Å²) in [7, 11) is -3.39. The van der Waals surface area contributed by atoms with Crippen molar-refractivity contribution in [2.24, 2.45) is 5.41 Å². The van der Waals surface area contributed by atoms with Crippen LogP contribution in [-0.2, 0) is 14.8 Å². The van der Waals surface area contributed by atoms with Crippen molar-refractivity contribution in [2.45, 2.75) is 31.4 Å². The molecule has 5 nitrogen and oxygen atoms in total. The maximum Gasteiger partial charge on any atom is 0.240 e. The van der Waals surface area contributed by atoms with E-state index in [0.717, 1.165) is 6.54 Å². The van der Waals surface area contributed by atoms with Crippen LogP contribution in [0.1, 0.15) is 26.2 Å². The van der Waals surface area contributed by atoms with Crippen molar-refractivity contribution in [1.29, 1.82) is 0 Å². The molecule has 1 saturated heterocycles. The van der Waals surface area contributed by atoms with Crippen molar-refractivity contribution >= 4 is 15.9 Å². The van der Waals surface area contributed by atoms with E-state index >= 15 is 0 Å². The fourth-order valence-corrected chi connectivity index (χ4v) is 3.15. The van der Waals surface area contributed by atoms with Gasteiger partial charge in [0.05, 0.1) is 10.7 Å². The fraction of sp³-hybridized carbons (Fsp3) is 0.889. The largest absolute Gasteiger partial charge is 0.316 e. The van der Waals surface area contributed by atoms with Crippen LogP contribution in [0, 0.1) is 5.41 Å². The predicted molar refractivity (Wildman–Crippen MR) is 55.7 cm³/mol. The van der Waals surface area contributed by atoms with Gasteiger partial charge in [-0.25, -0.2) is 8.42 Å². The molecule has 6 heteroatoms. The van der Waals surface area contributed by atoms with E-state index in [0.29, 0.717) is 25.8 Å². The highest BCUT2D eigenvalue weighted by atomic mass is 32.2. The number of sulfonamides is 1. The third kappa shape index (κ3) is 2.15. The fourth-order valence-electron chi connectivity index (χ4n) is 1.72. The molecule has 0 bridgehead atoms. The molecule has 1 heterocycles. The molecule has 1 atom stereocenters. The summed E-state index contributed by atoms with van der Waals surface area (Å²) in [5.41, 5.74) is -0.567. The van der Waals surface area contributed by atoms with Crippen molar-refractivity contribution in [3.05, 3.63) is 0 Å². The summed E-state index contributed by atoms with van der Waals surface area (Å²) in [6, 6.07) is 0. The minimum atomic E-state index is -3.39. The molecular weight excluding hydrogens is 216 g/mol. The van der Waals surface area contributed by atoms with Crippen LogP contribution < -0.4 is 10.0 Å². The van der Waals surface area contributed by atoms with E-state index in [1.807, 2.05) is 0 Å². The Bertz CT molecular complexity index is 367. The van der Waals surface area contributed by atoms with Gasteiger partial charge in [-0.15, -0.1) is 0 Å². The number of carbonyl (C=O) groups excluding carboxylic acids is 1. The van der Waals surface area contributed by atoms with Gasteiger partial charge in [-0.05, 0) is 32.7 Å². The van der Waals surface area contributed by atoms with Gasteiger partial charge in [0.25, 0.3) is 0 Å². The molecule has 15 heavy (non-hydrogen) atoms. The molecule has 0 aromatic carbocycles. The molecule has 0 aromatic heterocycles. The standard InChI is InChI=1S/C9H16N2O3S/c1-9(4-5-10-6-9)8(12)11-15(13,14)7-2-3-7/h7,10H,2-6H2,1H3,(H,11,12). The van der Waals surface area contributed by atoms with Crippen molar-refractivity contribution in [3.63, 3.8) is 0 Å². The first-order valence-electron chi connectivity index (χ1n) is 5.21. The van der Waals surface area contributed by atoms with Gasteiger partial charge in [-0.3, -0.25) is 9.52 Å². The van der Waals surface area contributed by atoms with E-state index < -0.39 is 15.4 Å². The number of amides is 1. The Morgan fingerprint density at radius 1 is 1.47 bits per heavy atom. The minimum absolute atomic E-state index is 0.334. The zero-order valence-electron chi connectivity index (χ0n) is 8.75. The van der Waals surface area contributed by atoms with Crippen molar-refractivity contribution in [2.75, 3.05) is 13.1 Å². The number of rotatable bonds is 3. The molecule has 2 N–H and O–H groups in total. The van der Waals surface area contributed by atoms with Crippen LogP contribution in [0.2, 0.25) is 0 Å². The Morgan fingerprint density at radius 3 is 2.60 bits per heavy atom. The first-order chi connectivity index (χ1) is 6.94. The normalized spacial score (nSPS) is 31.5. The Balaban J connectivity index is 2.02. The summed E-state index contributed by atoms with van der Waals surface area (Å²) in [4.78, 5) is 11.8. The zero-order valence-corrected chi connectivity index (χ0v) is 9.56. The number of hydrogen-bond donors (Lipinski definition) is 2. The number of nitrogens with one attached hydrogen (secondary N) is 2. The Kier molecular flexibility index (Phi) is 2.50. The van der Waals surface area contributed by atoms with Crippen LogP contribution in [0.15, 0.2) is 0 Å². The topological polar surface area (TPSA) is 75.3 Å². The highest BCUT2D eigenvalue weighted by Crippen LogP contribution is 2.29. The lowest BCUT2D eigenvalue weighted by molar-refractivity contribution is -0.127. The summed E-state index contributed by atoms with van der Waals surface area (Å²) in [5, 5.41) is 2.73. The van der Waals surface area contributed by atoms with E-state index in [1.54, 1.807) is 6.92 Å². The molecule has 0 spiro atoms. The summed E-state index contributed by atoms with van der Waals surface area (Å²) in [5.74, 6) is -0.362. The lowest BCUT2D eigenvalue weighted by Gasteiger charge is -2.21. The van der Waals surface area contributed by atoms with Crippen molar-refractivity contribution in [1.82, 2.24) is 10.0 Å². The molecule has 1 aliphatic heterocycles. The van der Waals surface area contributed by atoms with E-state index in [-0.39, 0.29) is 11.2 Å². The summed E-state index contributed by atoms with van der Waals surface area (Å²) in [6.07, 6.45) is 2.05. The Morgan fingerprint density at radius 2 is 2.13 bits per heavy atom. The molecule has 1 amide bonds. The van der Waals surface area contributed by atoms with Crippen LogP contribution in [0.5, 0.6) is 0 Å². The lowest BCUT2D eigenvalue weighted by atomic mass is 9.89. The van der Waals surface area contributed by atoms with Crippen LogP contribution >= 0.6 is 0 Å². The second-order valence-corrected chi connectivity index (χ2v) is 6.62. The molecule has 2 fully saturated rings. The maximum atomic E-state index is 11.8. The summed E-state index contributed by atoms with van der Waals surface area (Å²) < 4.78 is 25.3. The van der Waals surface area contributed by atoms with Crippen molar-refractivity contribution < 1.29 is 13.2 Å². The molecule has 86 valence electrons. The number of hydrogen-bond acceptors (Lipinski definition) is 4. The second-order valence-electron chi connectivity index (χ2n) is 4.66. The van der Waals surface area contributed by atoms with Gasteiger partial charge in [0.1, 0.15) is 0 Å². The van der Waals surface area contributed by atoms with E-state index in [9.17, 15) is 13.2 Å². The van der Waals surface area contributed by atoms with Gasteiger partial charge in [0.2, 0.25) is 15.9 Å². The van der Waals surface area contributed by atoms with Gasteiger partial charge in [-0.1, -0.05) is 0 Å². The number of carbonyl (C=O) groups is 1. The van der Waals surface area contributed by atoms with Gasteiger partial charge in [0.15, 0.2) is 0 Å². The molecule has 0 radical (unpaired) electrons.